The molecule has 1 aromatic carbocycles. The second kappa shape index (κ2) is 6.67. The maximum Gasteiger partial charge on any atom is 0.123 e. The summed E-state index contributed by atoms with van der Waals surface area (Å²) in [5.74, 6) is -0.171. The highest BCUT2D eigenvalue weighted by Gasteiger charge is 1.83. The van der Waals surface area contributed by atoms with E-state index in [0.29, 0.717) is 0 Å². The number of allylic oxidation sites excluding steroid dienone is 1. The maximum absolute atomic E-state index is 12.1. The molecule has 0 aromatic heterocycles. The zero-order valence-electron chi connectivity index (χ0n) is 7.98. The molecule has 0 N–H and O–H groups in total. The van der Waals surface area contributed by atoms with E-state index in [-0.39, 0.29) is 5.82 Å². The van der Waals surface area contributed by atoms with Gasteiger partial charge in [0.2, 0.25) is 0 Å². The first-order valence-electron chi connectivity index (χ1n) is 4.11. The lowest BCUT2D eigenvalue weighted by Crippen LogP contribution is -1.71. The van der Waals surface area contributed by atoms with Gasteiger partial charge >= 0.3 is 0 Å². The van der Waals surface area contributed by atoms with Gasteiger partial charge in [0, 0.05) is 5.03 Å². The van der Waals surface area contributed by atoms with Crippen LogP contribution < -0.4 is 0 Å². The molecule has 72 valence electrons. The number of halogens is 2. The highest BCUT2D eigenvalue weighted by Crippen LogP contribution is 1.99. The first-order chi connectivity index (χ1) is 6.06. The molecule has 0 aliphatic heterocycles. The third-order valence-electron chi connectivity index (χ3n) is 1.39. The Kier molecular flexibility index (Phi) is 6.25. The summed E-state index contributed by atoms with van der Waals surface area (Å²) >= 11 is 5.27. The van der Waals surface area contributed by atoms with Crippen LogP contribution in [0.3, 0.4) is 0 Å². The summed E-state index contributed by atoms with van der Waals surface area (Å²) in [5, 5.41) is 0.727. The third-order valence-corrected chi connectivity index (χ3v) is 1.66. The van der Waals surface area contributed by atoms with Crippen LogP contribution in [0.4, 0.5) is 4.39 Å². The van der Waals surface area contributed by atoms with Crippen molar-refractivity contribution in [2.45, 2.75) is 20.3 Å². The van der Waals surface area contributed by atoms with Crippen molar-refractivity contribution in [2.75, 3.05) is 0 Å². The summed E-state index contributed by atoms with van der Waals surface area (Å²) in [5.41, 5.74) is 1.09. The van der Waals surface area contributed by atoms with E-state index in [1.54, 1.807) is 12.1 Å². The van der Waals surface area contributed by atoms with E-state index in [1.165, 1.54) is 12.1 Å². The van der Waals surface area contributed by atoms with Crippen LogP contribution in [0.2, 0.25) is 0 Å². The Morgan fingerprint density at radius 2 is 1.77 bits per heavy atom. The molecule has 0 aliphatic carbocycles. The third kappa shape index (κ3) is 7.54. The van der Waals surface area contributed by atoms with Crippen LogP contribution in [0.1, 0.15) is 18.9 Å². The quantitative estimate of drug-likeness (QED) is 0.635. The Balaban J connectivity index is 0.000000252. The molecular weight excluding hydrogens is 187 g/mol. The fourth-order valence-electron chi connectivity index (χ4n) is 0.533. The van der Waals surface area contributed by atoms with Gasteiger partial charge in [0.15, 0.2) is 0 Å². The largest absolute Gasteiger partial charge is 0.207 e. The van der Waals surface area contributed by atoms with Gasteiger partial charge in [0.05, 0.1) is 0 Å². The molecule has 0 bridgehead atoms. The van der Waals surface area contributed by atoms with Crippen LogP contribution in [0, 0.1) is 12.7 Å². The van der Waals surface area contributed by atoms with Crippen LogP contribution in [0.25, 0.3) is 0 Å². The number of benzene rings is 1. The lowest BCUT2D eigenvalue weighted by molar-refractivity contribution is 0.627. The maximum atomic E-state index is 12.1. The molecule has 0 nitrogen and oxygen atoms in total. The molecule has 0 spiro atoms. The Bertz CT molecular complexity index is 230. The molecule has 2 heteroatoms. The number of hydrogen-bond donors (Lipinski definition) is 0. The second-order valence-electron chi connectivity index (χ2n) is 2.67. The Labute approximate surface area is 84.0 Å². The topological polar surface area (TPSA) is 0 Å². The highest BCUT2D eigenvalue weighted by atomic mass is 35.5. The minimum atomic E-state index is -0.171. The van der Waals surface area contributed by atoms with Crippen molar-refractivity contribution in [3.8, 4) is 0 Å². The van der Waals surface area contributed by atoms with Gasteiger partial charge in [0.1, 0.15) is 5.82 Å². The number of hydrogen-bond acceptors (Lipinski definition) is 0. The molecule has 0 amide bonds. The fourth-order valence-corrected chi connectivity index (χ4v) is 0.533. The molecule has 0 saturated carbocycles. The summed E-state index contributed by atoms with van der Waals surface area (Å²) in [6.45, 7) is 7.34. The summed E-state index contributed by atoms with van der Waals surface area (Å²) in [6, 6.07) is 6.40. The first-order valence-corrected chi connectivity index (χ1v) is 4.49. The van der Waals surface area contributed by atoms with Crippen LogP contribution >= 0.6 is 11.6 Å². The van der Waals surface area contributed by atoms with E-state index < -0.39 is 0 Å². The van der Waals surface area contributed by atoms with Gasteiger partial charge in [-0.15, -0.1) is 0 Å². The molecule has 0 fully saturated rings. The van der Waals surface area contributed by atoms with Crippen molar-refractivity contribution in [2.24, 2.45) is 0 Å². The van der Waals surface area contributed by atoms with Crippen LogP contribution in [-0.2, 0) is 0 Å². The van der Waals surface area contributed by atoms with Gasteiger partial charge in [-0.25, -0.2) is 4.39 Å². The molecule has 0 saturated heterocycles. The predicted molar refractivity (Wildman–Crippen MR) is 56.4 cm³/mol. The van der Waals surface area contributed by atoms with E-state index in [4.69, 9.17) is 11.6 Å². The van der Waals surface area contributed by atoms with E-state index in [1.807, 2.05) is 13.8 Å². The highest BCUT2D eigenvalue weighted by molar-refractivity contribution is 6.29. The Hall–Kier alpha value is -0.820. The molecule has 1 aromatic rings. The smallest absolute Gasteiger partial charge is 0.123 e. The molecule has 1 rings (SSSR count). The number of aryl methyl sites for hydroxylation is 1. The Morgan fingerprint density at radius 3 is 2.00 bits per heavy atom. The van der Waals surface area contributed by atoms with Crippen molar-refractivity contribution >= 4 is 11.6 Å². The fraction of sp³-hybridized carbons (Fsp3) is 0.273. The zero-order chi connectivity index (χ0) is 10.3. The number of rotatable bonds is 1. The molecule has 0 heterocycles. The van der Waals surface area contributed by atoms with Crippen LogP contribution in [-0.4, -0.2) is 0 Å². The van der Waals surface area contributed by atoms with Gasteiger partial charge in [-0.2, -0.15) is 0 Å². The van der Waals surface area contributed by atoms with Gasteiger partial charge in [0.25, 0.3) is 0 Å². The molecule has 0 unspecified atom stereocenters. The molecule has 0 atom stereocenters. The average Bonchev–Trinajstić information content (AvgIpc) is 2.11. The normalized spacial score (nSPS) is 8.62. The van der Waals surface area contributed by atoms with Crippen LogP contribution in [0.15, 0.2) is 35.9 Å². The average molecular weight is 201 g/mol. The summed E-state index contributed by atoms with van der Waals surface area (Å²) in [4.78, 5) is 0. The minimum absolute atomic E-state index is 0.171. The second-order valence-corrected chi connectivity index (χ2v) is 3.20. The molecule has 13 heavy (non-hydrogen) atoms. The lowest BCUT2D eigenvalue weighted by Gasteiger charge is -1.87. The molecule has 0 radical (unpaired) electrons. The lowest BCUT2D eigenvalue weighted by atomic mass is 10.2. The standard InChI is InChI=1S/C7H7F.C4H7Cl/c1-6-2-4-7(8)5-3-6;1-3-4(2)5/h2-5H,1H3;2-3H2,1H3. The van der Waals surface area contributed by atoms with Gasteiger partial charge in [-0.3, -0.25) is 0 Å². The van der Waals surface area contributed by atoms with Crippen molar-refractivity contribution in [3.05, 3.63) is 47.3 Å². The van der Waals surface area contributed by atoms with Gasteiger partial charge in [-0.1, -0.05) is 42.8 Å². The summed E-state index contributed by atoms with van der Waals surface area (Å²) < 4.78 is 12.1. The van der Waals surface area contributed by atoms with Crippen LogP contribution in [0.5, 0.6) is 0 Å². The zero-order valence-corrected chi connectivity index (χ0v) is 8.74. The van der Waals surface area contributed by atoms with E-state index in [9.17, 15) is 4.39 Å². The summed E-state index contributed by atoms with van der Waals surface area (Å²) in [6.07, 6.45) is 0.877. The van der Waals surface area contributed by atoms with Crippen molar-refractivity contribution in [3.63, 3.8) is 0 Å². The van der Waals surface area contributed by atoms with Crippen molar-refractivity contribution in [1.82, 2.24) is 0 Å². The first kappa shape index (κ1) is 12.2. The summed E-state index contributed by atoms with van der Waals surface area (Å²) in [7, 11) is 0. The van der Waals surface area contributed by atoms with E-state index >= 15 is 0 Å². The molecular formula is C11H14ClF. The SMILES string of the molecule is C=C(Cl)CC.Cc1ccc(F)cc1. The van der Waals surface area contributed by atoms with Crippen molar-refractivity contribution < 1.29 is 4.39 Å². The van der Waals surface area contributed by atoms with Crippen molar-refractivity contribution in [1.29, 1.82) is 0 Å². The molecule has 0 aliphatic rings. The minimum Gasteiger partial charge on any atom is -0.207 e. The predicted octanol–water partition coefficient (Wildman–Crippen LogP) is 4.28. The van der Waals surface area contributed by atoms with E-state index in [2.05, 4.69) is 6.58 Å². The van der Waals surface area contributed by atoms with Gasteiger partial charge < -0.3 is 0 Å². The van der Waals surface area contributed by atoms with E-state index in [0.717, 1.165) is 17.0 Å². The monoisotopic (exact) mass is 200 g/mol. The Morgan fingerprint density at radius 1 is 1.38 bits per heavy atom. The van der Waals surface area contributed by atoms with Gasteiger partial charge in [-0.05, 0) is 25.5 Å².